The predicted octanol–water partition coefficient (Wildman–Crippen LogP) is 6.63. The first-order valence-electron chi connectivity index (χ1n) is 20.3. The van der Waals surface area contributed by atoms with Gasteiger partial charge in [0.15, 0.2) is 0 Å². The van der Waals surface area contributed by atoms with Gasteiger partial charge in [-0.2, -0.15) is 0 Å². The van der Waals surface area contributed by atoms with Gasteiger partial charge in [-0.1, -0.05) is 76.2 Å². The quantitative estimate of drug-likeness (QED) is 0.122. The molecule has 4 N–H and O–H groups in total. The molecule has 2 aromatic heterocycles. The van der Waals surface area contributed by atoms with Crippen molar-refractivity contribution in [3.05, 3.63) is 72.6 Å². The van der Waals surface area contributed by atoms with Crippen molar-refractivity contribution in [2.24, 2.45) is 11.8 Å². The SMILES string of the molecule is COC(=O)N[C@H](C(=O)N1CCC[C@H]1c1nc(-c2ccc(-c3ccc(-c4c[nH]c([C@@H]5CCCN5C(=O)[C@H](C(C)C)N(C(=O)O)[C@@H]5CCOC5)n4)cc3)cc2)c[nH]1)C(C)C. The summed E-state index contributed by atoms with van der Waals surface area (Å²) in [6.45, 7) is 9.51. The first kappa shape index (κ1) is 40.5. The highest BCUT2D eigenvalue weighted by Gasteiger charge is 2.44. The average Bonchev–Trinajstić information content (AvgIpc) is 4.08. The number of aromatic nitrogens is 4. The highest BCUT2D eigenvalue weighted by Crippen LogP contribution is 2.36. The zero-order valence-electron chi connectivity index (χ0n) is 33.8. The van der Waals surface area contributed by atoms with Crippen LogP contribution in [0, 0.1) is 11.8 Å². The summed E-state index contributed by atoms with van der Waals surface area (Å²) >= 11 is 0. The van der Waals surface area contributed by atoms with E-state index in [9.17, 15) is 24.3 Å². The van der Waals surface area contributed by atoms with Crippen molar-refractivity contribution in [2.75, 3.05) is 33.4 Å². The molecule has 3 saturated heterocycles. The molecule has 0 saturated carbocycles. The van der Waals surface area contributed by atoms with Crippen LogP contribution in [0.15, 0.2) is 60.9 Å². The summed E-state index contributed by atoms with van der Waals surface area (Å²) in [5.41, 5.74) is 5.50. The zero-order chi connectivity index (χ0) is 41.1. The highest BCUT2D eigenvalue weighted by atomic mass is 16.5. The molecule has 15 nitrogen and oxygen atoms in total. The van der Waals surface area contributed by atoms with Crippen LogP contribution in [0.25, 0.3) is 33.6 Å². The number of carbonyl (C=O) groups is 4. The molecule has 3 fully saturated rings. The molecule has 0 aliphatic carbocycles. The molecule has 4 amide bonds. The molecule has 2 aromatic carbocycles. The van der Waals surface area contributed by atoms with Gasteiger partial charge in [0.1, 0.15) is 23.7 Å². The fourth-order valence-corrected chi connectivity index (χ4v) is 8.62. The van der Waals surface area contributed by atoms with Crippen LogP contribution in [0.5, 0.6) is 0 Å². The molecule has 15 heteroatoms. The second kappa shape index (κ2) is 17.4. The first-order valence-corrected chi connectivity index (χ1v) is 20.3. The van der Waals surface area contributed by atoms with Gasteiger partial charge >= 0.3 is 12.2 Å². The normalized spacial score (nSPS) is 20.4. The summed E-state index contributed by atoms with van der Waals surface area (Å²) < 4.78 is 10.2. The minimum absolute atomic E-state index is 0.110. The smallest absolute Gasteiger partial charge is 0.408 e. The van der Waals surface area contributed by atoms with E-state index in [1.807, 2.05) is 64.4 Å². The number of likely N-dealkylation sites (tertiary alicyclic amines) is 2. The van der Waals surface area contributed by atoms with E-state index >= 15 is 0 Å². The summed E-state index contributed by atoms with van der Waals surface area (Å²) in [7, 11) is 1.29. The second-order valence-electron chi connectivity index (χ2n) is 16.1. The molecule has 0 unspecified atom stereocenters. The van der Waals surface area contributed by atoms with E-state index in [2.05, 4.69) is 39.6 Å². The van der Waals surface area contributed by atoms with E-state index in [-0.39, 0.29) is 41.8 Å². The summed E-state index contributed by atoms with van der Waals surface area (Å²) in [5, 5.41) is 12.9. The number of ether oxygens (including phenoxy) is 2. The number of nitrogens with one attached hydrogen (secondary N) is 3. The highest BCUT2D eigenvalue weighted by molar-refractivity contribution is 5.87. The van der Waals surface area contributed by atoms with Gasteiger partial charge < -0.3 is 39.7 Å². The van der Waals surface area contributed by atoms with Crippen LogP contribution in [0.1, 0.15) is 83.5 Å². The summed E-state index contributed by atoms with van der Waals surface area (Å²) in [6.07, 6.45) is 5.75. The second-order valence-corrected chi connectivity index (χ2v) is 16.1. The van der Waals surface area contributed by atoms with Crippen LogP contribution in [-0.2, 0) is 19.1 Å². The molecular formula is C43H54N8O7. The number of amides is 4. The van der Waals surface area contributed by atoms with Crippen molar-refractivity contribution in [3.63, 3.8) is 0 Å². The Labute approximate surface area is 338 Å². The van der Waals surface area contributed by atoms with Gasteiger partial charge in [-0.15, -0.1) is 0 Å². The lowest BCUT2D eigenvalue weighted by Crippen LogP contribution is -2.56. The minimum Gasteiger partial charge on any atom is -0.465 e. The number of nitrogens with zero attached hydrogens (tertiary/aromatic N) is 5. The van der Waals surface area contributed by atoms with Crippen LogP contribution >= 0.6 is 0 Å². The number of H-pyrrole nitrogens is 2. The fourth-order valence-electron chi connectivity index (χ4n) is 8.62. The predicted molar refractivity (Wildman–Crippen MR) is 216 cm³/mol. The van der Waals surface area contributed by atoms with Gasteiger partial charge in [-0.25, -0.2) is 19.6 Å². The Morgan fingerprint density at radius 2 is 1.28 bits per heavy atom. The third-order valence-electron chi connectivity index (χ3n) is 11.7. The van der Waals surface area contributed by atoms with E-state index < -0.39 is 24.3 Å². The number of hydrogen-bond donors (Lipinski definition) is 4. The zero-order valence-corrected chi connectivity index (χ0v) is 33.8. The number of rotatable bonds is 12. The molecule has 4 aromatic rings. The minimum atomic E-state index is -1.10. The number of methoxy groups -OCH3 is 1. The third-order valence-corrected chi connectivity index (χ3v) is 11.7. The Bertz CT molecular complexity index is 2070. The van der Waals surface area contributed by atoms with Gasteiger partial charge in [0.25, 0.3) is 0 Å². The van der Waals surface area contributed by atoms with Crippen molar-refractivity contribution >= 4 is 24.0 Å². The lowest BCUT2D eigenvalue weighted by Gasteiger charge is -2.38. The number of carbonyl (C=O) groups excluding carboxylic acids is 3. The summed E-state index contributed by atoms with van der Waals surface area (Å²) in [4.78, 5) is 73.4. The van der Waals surface area contributed by atoms with Crippen molar-refractivity contribution in [3.8, 4) is 33.6 Å². The Morgan fingerprint density at radius 1 is 0.776 bits per heavy atom. The van der Waals surface area contributed by atoms with E-state index in [1.165, 1.54) is 12.0 Å². The molecule has 0 spiro atoms. The lowest BCUT2D eigenvalue weighted by atomic mass is 9.98. The summed E-state index contributed by atoms with van der Waals surface area (Å²) in [6, 6.07) is 14.0. The Kier molecular flexibility index (Phi) is 12.2. The van der Waals surface area contributed by atoms with Crippen LogP contribution < -0.4 is 5.32 Å². The molecule has 3 aliphatic rings. The molecule has 7 rings (SSSR count). The molecule has 0 radical (unpaired) electrons. The monoisotopic (exact) mass is 794 g/mol. The van der Waals surface area contributed by atoms with Crippen LogP contribution in [-0.4, -0.2) is 115 Å². The largest absolute Gasteiger partial charge is 0.465 e. The van der Waals surface area contributed by atoms with Crippen molar-refractivity contribution in [1.29, 1.82) is 0 Å². The van der Waals surface area contributed by atoms with Crippen molar-refractivity contribution in [2.45, 2.75) is 90.0 Å². The molecule has 5 heterocycles. The maximum atomic E-state index is 14.1. The Hall–Kier alpha value is -5.70. The maximum absolute atomic E-state index is 14.1. The van der Waals surface area contributed by atoms with Crippen LogP contribution in [0.3, 0.4) is 0 Å². The summed E-state index contributed by atoms with van der Waals surface area (Å²) in [5.74, 6) is 0.758. The number of aromatic amines is 2. The number of alkyl carbamates (subject to hydrolysis) is 1. The van der Waals surface area contributed by atoms with Gasteiger partial charge in [-0.3, -0.25) is 14.5 Å². The molecule has 3 aliphatic heterocycles. The lowest BCUT2D eigenvalue weighted by molar-refractivity contribution is -0.140. The molecule has 58 heavy (non-hydrogen) atoms. The number of hydrogen-bond acceptors (Lipinski definition) is 8. The van der Waals surface area contributed by atoms with E-state index in [1.54, 1.807) is 9.80 Å². The molecular weight excluding hydrogens is 741 g/mol. The molecule has 5 atom stereocenters. The molecule has 0 bridgehead atoms. The standard InChI is InChI=1S/C43H54N8O7/c1-25(2)36(48-42(54)57-5)40(52)49-19-6-8-34(49)38-44-22-32(46-38)29-14-10-27(11-15-29)28-12-16-30(17-13-28)33-23-45-39(47-33)35-9-7-20-50(35)41(53)37(26(3)4)51(43(55)56)31-18-21-58-24-31/h10-17,22-23,25-26,31,34-37H,6-9,18-21,24H2,1-5H3,(H,44,46)(H,45,47)(H,48,54)(H,55,56)/t31-,34+,35+,36+,37+/m1/s1. The van der Waals surface area contributed by atoms with E-state index in [4.69, 9.17) is 19.4 Å². The van der Waals surface area contributed by atoms with Gasteiger partial charge in [0.05, 0.1) is 43.2 Å². The van der Waals surface area contributed by atoms with Crippen molar-refractivity contribution < 1.29 is 33.8 Å². The van der Waals surface area contributed by atoms with Gasteiger partial charge in [0, 0.05) is 43.2 Å². The van der Waals surface area contributed by atoms with Crippen LogP contribution in [0.2, 0.25) is 0 Å². The average molecular weight is 795 g/mol. The Balaban J connectivity index is 1.01. The number of carboxylic acid groups (broad SMARTS) is 1. The van der Waals surface area contributed by atoms with Crippen LogP contribution in [0.4, 0.5) is 9.59 Å². The van der Waals surface area contributed by atoms with Gasteiger partial charge in [0.2, 0.25) is 11.8 Å². The molecule has 308 valence electrons. The van der Waals surface area contributed by atoms with E-state index in [0.29, 0.717) is 44.4 Å². The van der Waals surface area contributed by atoms with Gasteiger partial charge in [-0.05, 0) is 55.1 Å². The number of imidazole rings is 2. The number of benzene rings is 2. The third kappa shape index (κ3) is 8.31. The fraction of sp³-hybridized carbons (Fsp3) is 0.488. The Morgan fingerprint density at radius 3 is 1.71 bits per heavy atom. The topological polar surface area (TPSA) is 186 Å². The van der Waals surface area contributed by atoms with Crippen molar-refractivity contribution in [1.82, 2.24) is 40.0 Å². The first-order chi connectivity index (χ1) is 27.9. The van der Waals surface area contributed by atoms with E-state index in [0.717, 1.165) is 59.3 Å². The maximum Gasteiger partial charge on any atom is 0.408 e.